The van der Waals surface area contributed by atoms with Crippen molar-refractivity contribution < 1.29 is 0 Å². The summed E-state index contributed by atoms with van der Waals surface area (Å²) in [5.74, 6) is 0.737. The third kappa shape index (κ3) is 2.81. The maximum Gasteiger partial charge on any atom is 0.247 e. The first-order valence-corrected chi connectivity index (χ1v) is 7.24. The van der Waals surface area contributed by atoms with Gasteiger partial charge in [-0.2, -0.15) is 4.68 Å². The Morgan fingerprint density at radius 2 is 1.85 bits per heavy atom. The molecule has 0 aliphatic heterocycles. The summed E-state index contributed by atoms with van der Waals surface area (Å²) in [5, 5.41) is 15.5. The van der Waals surface area contributed by atoms with Gasteiger partial charge in [0.05, 0.1) is 5.69 Å². The van der Waals surface area contributed by atoms with Gasteiger partial charge in [-0.15, -0.1) is 0 Å². The molecule has 5 nitrogen and oxygen atoms in total. The molecule has 1 aliphatic carbocycles. The number of nitrogens with one attached hydrogen (secondary N) is 1. The standard InChI is InChI=1S/C15H21N5/c1-15(2)10-8-12(9-11-15)16-14-17-18-19-20(14)13-6-4-3-5-7-13/h3-7,12H,8-11H2,1-2H3,(H,16,17,19). The second kappa shape index (κ2) is 5.23. The number of hydrogen-bond acceptors (Lipinski definition) is 4. The molecule has 3 rings (SSSR count). The first-order chi connectivity index (χ1) is 9.64. The molecule has 20 heavy (non-hydrogen) atoms. The Bertz CT molecular complexity index is 551. The molecular formula is C15H21N5. The first-order valence-electron chi connectivity index (χ1n) is 7.24. The summed E-state index contributed by atoms with van der Waals surface area (Å²) in [6, 6.07) is 10.5. The highest BCUT2D eigenvalue weighted by Crippen LogP contribution is 2.35. The summed E-state index contributed by atoms with van der Waals surface area (Å²) in [5.41, 5.74) is 1.46. The molecule has 0 saturated heterocycles. The second-order valence-electron chi connectivity index (χ2n) is 6.33. The van der Waals surface area contributed by atoms with Crippen molar-refractivity contribution in [1.82, 2.24) is 20.2 Å². The largest absolute Gasteiger partial charge is 0.350 e. The highest BCUT2D eigenvalue weighted by Gasteiger charge is 2.27. The quantitative estimate of drug-likeness (QED) is 0.932. The highest BCUT2D eigenvalue weighted by atomic mass is 15.6. The molecule has 0 bridgehead atoms. The predicted molar refractivity (Wildman–Crippen MR) is 78.8 cm³/mol. The summed E-state index contributed by atoms with van der Waals surface area (Å²) in [7, 11) is 0. The van der Waals surface area contributed by atoms with E-state index in [1.165, 1.54) is 25.7 Å². The summed E-state index contributed by atoms with van der Waals surface area (Å²) in [6.07, 6.45) is 4.85. The van der Waals surface area contributed by atoms with Gasteiger partial charge in [0.1, 0.15) is 0 Å². The van der Waals surface area contributed by atoms with Crippen LogP contribution >= 0.6 is 0 Å². The number of anilines is 1. The number of rotatable bonds is 3. The maximum atomic E-state index is 4.11. The molecule has 1 heterocycles. The Kier molecular flexibility index (Phi) is 3.42. The minimum atomic E-state index is 0.469. The molecule has 5 heteroatoms. The van der Waals surface area contributed by atoms with Crippen molar-refractivity contribution in [3.63, 3.8) is 0 Å². The van der Waals surface area contributed by atoms with Crippen LogP contribution in [0.5, 0.6) is 0 Å². The van der Waals surface area contributed by atoms with Gasteiger partial charge in [0.15, 0.2) is 0 Å². The van der Waals surface area contributed by atoms with E-state index >= 15 is 0 Å². The number of tetrazole rings is 1. The van der Waals surface area contributed by atoms with Gasteiger partial charge in [-0.3, -0.25) is 0 Å². The number of para-hydroxylation sites is 1. The van der Waals surface area contributed by atoms with Gasteiger partial charge in [0, 0.05) is 6.04 Å². The molecule has 1 N–H and O–H groups in total. The van der Waals surface area contributed by atoms with Gasteiger partial charge in [-0.1, -0.05) is 37.1 Å². The van der Waals surface area contributed by atoms with E-state index in [-0.39, 0.29) is 0 Å². The lowest BCUT2D eigenvalue weighted by atomic mass is 9.76. The molecule has 0 atom stereocenters. The van der Waals surface area contributed by atoms with Gasteiger partial charge in [0.2, 0.25) is 5.95 Å². The molecule has 1 fully saturated rings. The Morgan fingerprint density at radius 3 is 2.55 bits per heavy atom. The molecular weight excluding hydrogens is 250 g/mol. The van der Waals surface area contributed by atoms with Crippen LogP contribution in [0.1, 0.15) is 39.5 Å². The molecule has 0 amide bonds. The van der Waals surface area contributed by atoms with Crippen molar-refractivity contribution >= 4 is 5.95 Å². The molecule has 2 aromatic rings. The molecule has 1 aromatic heterocycles. The van der Waals surface area contributed by atoms with Crippen LogP contribution in [0.25, 0.3) is 5.69 Å². The summed E-state index contributed by atoms with van der Waals surface area (Å²) < 4.78 is 1.76. The van der Waals surface area contributed by atoms with E-state index in [2.05, 4.69) is 34.7 Å². The second-order valence-corrected chi connectivity index (χ2v) is 6.33. The molecule has 1 aliphatic rings. The van der Waals surface area contributed by atoms with Gasteiger partial charge < -0.3 is 5.32 Å². The van der Waals surface area contributed by atoms with Crippen molar-refractivity contribution in [1.29, 1.82) is 0 Å². The molecule has 1 saturated carbocycles. The van der Waals surface area contributed by atoms with Crippen LogP contribution in [-0.2, 0) is 0 Å². The zero-order valence-corrected chi connectivity index (χ0v) is 12.1. The van der Waals surface area contributed by atoms with Crippen LogP contribution in [0.2, 0.25) is 0 Å². The summed E-state index contributed by atoms with van der Waals surface area (Å²) in [6.45, 7) is 4.69. The Morgan fingerprint density at radius 1 is 1.15 bits per heavy atom. The van der Waals surface area contributed by atoms with Crippen molar-refractivity contribution in [2.45, 2.75) is 45.6 Å². The van der Waals surface area contributed by atoms with Crippen LogP contribution in [0.3, 0.4) is 0 Å². The van der Waals surface area contributed by atoms with E-state index in [4.69, 9.17) is 0 Å². The average molecular weight is 271 g/mol. The lowest BCUT2D eigenvalue weighted by Crippen LogP contribution is -2.30. The zero-order valence-electron chi connectivity index (χ0n) is 12.1. The van der Waals surface area contributed by atoms with Crippen molar-refractivity contribution in [2.75, 3.05) is 5.32 Å². The maximum absolute atomic E-state index is 4.11. The smallest absolute Gasteiger partial charge is 0.247 e. The van der Waals surface area contributed by atoms with Crippen molar-refractivity contribution in [3.05, 3.63) is 30.3 Å². The third-order valence-electron chi connectivity index (χ3n) is 4.14. The normalized spacial score (nSPS) is 18.9. The van der Waals surface area contributed by atoms with E-state index in [9.17, 15) is 0 Å². The van der Waals surface area contributed by atoms with Gasteiger partial charge in [0.25, 0.3) is 0 Å². The van der Waals surface area contributed by atoms with E-state index < -0.39 is 0 Å². The molecule has 0 unspecified atom stereocenters. The Hall–Kier alpha value is -1.91. The first kappa shape index (κ1) is 13.1. The van der Waals surface area contributed by atoms with Crippen LogP contribution in [0.4, 0.5) is 5.95 Å². The highest BCUT2D eigenvalue weighted by molar-refractivity contribution is 5.38. The number of benzene rings is 1. The number of nitrogens with zero attached hydrogens (tertiary/aromatic N) is 4. The fourth-order valence-corrected chi connectivity index (χ4v) is 2.75. The fourth-order valence-electron chi connectivity index (χ4n) is 2.75. The zero-order chi connectivity index (χ0) is 14.0. The monoisotopic (exact) mass is 271 g/mol. The Balaban J connectivity index is 1.72. The minimum absolute atomic E-state index is 0.469. The van der Waals surface area contributed by atoms with E-state index in [0.717, 1.165) is 11.6 Å². The third-order valence-corrected chi connectivity index (χ3v) is 4.14. The van der Waals surface area contributed by atoms with Gasteiger partial charge >= 0.3 is 0 Å². The van der Waals surface area contributed by atoms with Crippen LogP contribution in [0.15, 0.2) is 30.3 Å². The average Bonchev–Trinajstić information content (AvgIpc) is 2.90. The fraction of sp³-hybridized carbons (Fsp3) is 0.533. The minimum Gasteiger partial charge on any atom is -0.350 e. The van der Waals surface area contributed by atoms with Gasteiger partial charge in [-0.25, -0.2) is 0 Å². The van der Waals surface area contributed by atoms with Crippen LogP contribution in [0, 0.1) is 5.41 Å². The van der Waals surface area contributed by atoms with E-state index in [1.54, 1.807) is 4.68 Å². The van der Waals surface area contributed by atoms with Crippen LogP contribution < -0.4 is 5.32 Å². The van der Waals surface area contributed by atoms with Gasteiger partial charge in [-0.05, 0) is 53.7 Å². The van der Waals surface area contributed by atoms with Crippen molar-refractivity contribution in [3.8, 4) is 5.69 Å². The SMILES string of the molecule is CC1(C)CCC(Nc2nnnn2-c2ccccc2)CC1. The predicted octanol–water partition coefficient (Wildman–Crippen LogP) is 3.04. The lowest BCUT2D eigenvalue weighted by molar-refractivity contribution is 0.232. The van der Waals surface area contributed by atoms with Crippen LogP contribution in [-0.4, -0.2) is 26.2 Å². The summed E-state index contributed by atoms with van der Waals surface area (Å²) >= 11 is 0. The number of aromatic nitrogens is 4. The summed E-state index contributed by atoms with van der Waals surface area (Å²) in [4.78, 5) is 0. The molecule has 1 aromatic carbocycles. The molecule has 0 radical (unpaired) electrons. The lowest BCUT2D eigenvalue weighted by Gasteiger charge is -2.34. The van der Waals surface area contributed by atoms with Crippen molar-refractivity contribution in [2.24, 2.45) is 5.41 Å². The topological polar surface area (TPSA) is 55.6 Å². The van der Waals surface area contributed by atoms with E-state index in [0.29, 0.717) is 11.5 Å². The number of hydrogen-bond donors (Lipinski definition) is 1. The molecule has 0 spiro atoms. The Labute approximate surface area is 119 Å². The van der Waals surface area contributed by atoms with E-state index in [1.807, 2.05) is 30.3 Å². The molecule has 106 valence electrons.